The molecule has 1 heterocycles. The van der Waals surface area contributed by atoms with E-state index < -0.39 is 0 Å². The number of ether oxygens (including phenoxy) is 2. The molecule has 0 bridgehead atoms. The number of rotatable bonds is 10. The Labute approximate surface area is 242 Å². The second-order valence-electron chi connectivity index (χ2n) is 7.90. The van der Waals surface area contributed by atoms with Crippen molar-refractivity contribution < 1.29 is 14.3 Å². The lowest BCUT2D eigenvalue weighted by molar-refractivity contribution is -0.118. The summed E-state index contributed by atoms with van der Waals surface area (Å²) in [7, 11) is 3.41. The minimum absolute atomic E-state index is 0.132. The number of methoxy groups -OCH3 is 1. The van der Waals surface area contributed by atoms with Crippen molar-refractivity contribution in [3.63, 3.8) is 0 Å². The van der Waals surface area contributed by atoms with Crippen LogP contribution in [0.5, 0.6) is 11.5 Å². The molecule has 4 rings (SSSR count). The number of nitrogens with one attached hydrogen (secondary N) is 1. The number of halogens is 3. The van der Waals surface area contributed by atoms with Gasteiger partial charge in [-0.2, -0.15) is 5.10 Å². The van der Waals surface area contributed by atoms with Crippen molar-refractivity contribution in [2.24, 2.45) is 12.1 Å². The SMILES string of the molecule is COc1cc(C=NNC(=O)CSc2nnc(-c3cccc(Br)c3)n2C)ccc1OCc1ccc(Cl)c(Cl)c1. The second-order valence-corrected chi connectivity index (χ2v) is 10.6. The van der Waals surface area contributed by atoms with Crippen molar-refractivity contribution in [3.05, 3.63) is 86.3 Å². The van der Waals surface area contributed by atoms with Gasteiger partial charge in [0, 0.05) is 17.1 Å². The van der Waals surface area contributed by atoms with Crippen LogP contribution >= 0.6 is 50.9 Å². The molecule has 8 nitrogen and oxygen atoms in total. The van der Waals surface area contributed by atoms with Gasteiger partial charge in [0.15, 0.2) is 22.5 Å². The Kier molecular flexibility index (Phi) is 9.68. The van der Waals surface area contributed by atoms with Gasteiger partial charge >= 0.3 is 0 Å². The number of carbonyl (C=O) groups excluding carboxylic acids is 1. The van der Waals surface area contributed by atoms with E-state index in [1.54, 1.807) is 37.4 Å². The van der Waals surface area contributed by atoms with Crippen LogP contribution < -0.4 is 14.9 Å². The number of carbonyl (C=O) groups is 1. The Morgan fingerprint density at radius 1 is 1.11 bits per heavy atom. The smallest absolute Gasteiger partial charge is 0.250 e. The molecule has 0 aliphatic carbocycles. The zero-order valence-corrected chi connectivity index (χ0v) is 24.2. The zero-order valence-electron chi connectivity index (χ0n) is 20.3. The van der Waals surface area contributed by atoms with Gasteiger partial charge in [0.05, 0.1) is 29.1 Å². The van der Waals surface area contributed by atoms with E-state index >= 15 is 0 Å². The van der Waals surface area contributed by atoms with Gasteiger partial charge in [-0.25, -0.2) is 5.43 Å². The molecule has 0 radical (unpaired) electrons. The summed E-state index contributed by atoms with van der Waals surface area (Å²) in [5.41, 5.74) is 5.05. The number of hydrogen-bond donors (Lipinski definition) is 1. The van der Waals surface area contributed by atoms with Crippen LogP contribution in [0, 0.1) is 0 Å². The van der Waals surface area contributed by atoms with Crippen LogP contribution in [0.4, 0.5) is 0 Å². The summed E-state index contributed by atoms with van der Waals surface area (Å²) in [6.45, 7) is 0.296. The fourth-order valence-corrected chi connectivity index (χ4v) is 4.76. The van der Waals surface area contributed by atoms with Gasteiger partial charge in [-0.15, -0.1) is 10.2 Å². The minimum Gasteiger partial charge on any atom is -0.493 e. The Balaban J connectivity index is 1.30. The molecule has 0 saturated carbocycles. The van der Waals surface area contributed by atoms with Crippen LogP contribution in [0.1, 0.15) is 11.1 Å². The van der Waals surface area contributed by atoms with E-state index in [1.807, 2.05) is 41.9 Å². The van der Waals surface area contributed by atoms with E-state index in [4.69, 9.17) is 32.7 Å². The first kappa shape index (κ1) is 28.0. The lowest BCUT2D eigenvalue weighted by atomic mass is 10.2. The van der Waals surface area contributed by atoms with Crippen molar-refractivity contribution in [3.8, 4) is 22.9 Å². The molecule has 3 aromatic carbocycles. The molecule has 0 aliphatic heterocycles. The van der Waals surface area contributed by atoms with Crippen LogP contribution in [0.2, 0.25) is 10.0 Å². The van der Waals surface area contributed by atoms with Crippen molar-refractivity contribution in [1.82, 2.24) is 20.2 Å². The third-order valence-electron chi connectivity index (χ3n) is 5.22. The van der Waals surface area contributed by atoms with Gasteiger partial charge in [-0.05, 0) is 53.6 Å². The van der Waals surface area contributed by atoms with Crippen LogP contribution in [-0.2, 0) is 18.4 Å². The maximum atomic E-state index is 12.3. The largest absolute Gasteiger partial charge is 0.493 e. The Morgan fingerprint density at radius 2 is 1.95 bits per heavy atom. The van der Waals surface area contributed by atoms with E-state index in [0.717, 1.165) is 21.2 Å². The van der Waals surface area contributed by atoms with Gasteiger partial charge in [-0.3, -0.25) is 4.79 Å². The second kappa shape index (κ2) is 13.1. The van der Waals surface area contributed by atoms with Crippen molar-refractivity contribution in [2.75, 3.05) is 12.9 Å². The summed E-state index contributed by atoms with van der Waals surface area (Å²) >= 11 is 16.8. The molecule has 12 heteroatoms. The highest BCUT2D eigenvalue weighted by Gasteiger charge is 2.13. The Morgan fingerprint density at radius 3 is 2.71 bits per heavy atom. The van der Waals surface area contributed by atoms with Crippen molar-refractivity contribution in [2.45, 2.75) is 11.8 Å². The summed E-state index contributed by atoms with van der Waals surface area (Å²) in [5.74, 6) is 1.66. The van der Waals surface area contributed by atoms with Crippen molar-refractivity contribution >= 4 is 63.0 Å². The van der Waals surface area contributed by atoms with Gasteiger partial charge in [0.2, 0.25) is 0 Å². The standard InChI is InChI=1S/C26H22BrCl2N5O3S/c1-34-25(18-4-3-5-19(27)12-18)32-33-26(34)38-15-24(35)31-30-13-16-7-9-22(23(11-16)36-2)37-14-17-6-8-20(28)21(29)10-17/h3-13H,14-15H2,1-2H3,(H,31,35). The average molecular weight is 635 g/mol. The first-order chi connectivity index (χ1) is 18.3. The van der Waals surface area contributed by atoms with Gasteiger partial charge in [0.1, 0.15) is 6.61 Å². The molecule has 38 heavy (non-hydrogen) atoms. The van der Waals surface area contributed by atoms with Gasteiger partial charge in [0.25, 0.3) is 5.91 Å². The minimum atomic E-state index is -0.271. The number of aromatic nitrogens is 3. The third-order valence-corrected chi connectivity index (χ3v) is 7.47. The van der Waals surface area contributed by atoms with Crippen molar-refractivity contribution in [1.29, 1.82) is 0 Å². The molecule has 0 fully saturated rings. The van der Waals surface area contributed by atoms with Crippen LogP contribution in [0.25, 0.3) is 11.4 Å². The van der Waals surface area contributed by atoms with E-state index in [1.165, 1.54) is 18.0 Å². The number of nitrogens with zero attached hydrogens (tertiary/aromatic N) is 4. The molecule has 0 saturated heterocycles. The van der Waals surface area contributed by atoms with Crippen LogP contribution in [0.15, 0.2) is 75.4 Å². The fraction of sp³-hybridized carbons (Fsp3) is 0.154. The maximum absolute atomic E-state index is 12.3. The van der Waals surface area contributed by atoms with E-state index in [9.17, 15) is 4.79 Å². The fourth-order valence-electron chi connectivity index (χ4n) is 3.33. The quantitative estimate of drug-likeness (QED) is 0.124. The molecule has 0 atom stereocenters. The summed E-state index contributed by atoms with van der Waals surface area (Å²) in [4.78, 5) is 12.3. The summed E-state index contributed by atoms with van der Waals surface area (Å²) in [6, 6.07) is 18.4. The van der Waals surface area contributed by atoms with Gasteiger partial charge < -0.3 is 14.0 Å². The zero-order chi connectivity index (χ0) is 27.1. The predicted octanol–water partition coefficient (Wildman–Crippen LogP) is 6.38. The normalized spacial score (nSPS) is 11.1. The van der Waals surface area contributed by atoms with E-state index in [2.05, 4.69) is 36.7 Å². The number of thioether (sulfide) groups is 1. The number of hydrazone groups is 1. The maximum Gasteiger partial charge on any atom is 0.250 e. The average Bonchev–Trinajstić information content (AvgIpc) is 3.28. The number of benzene rings is 3. The molecule has 1 amide bonds. The monoisotopic (exact) mass is 633 g/mol. The molecule has 1 aromatic heterocycles. The molecule has 0 spiro atoms. The molecular formula is C26H22BrCl2N5O3S. The molecule has 1 N–H and O–H groups in total. The number of hydrogen-bond acceptors (Lipinski definition) is 7. The highest BCUT2D eigenvalue weighted by Crippen LogP contribution is 2.29. The highest BCUT2D eigenvalue weighted by atomic mass is 79.9. The predicted molar refractivity (Wildman–Crippen MR) is 154 cm³/mol. The van der Waals surface area contributed by atoms with E-state index in [-0.39, 0.29) is 11.7 Å². The summed E-state index contributed by atoms with van der Waals surface area (Å²) in [5, 5.41) is 14.1. The van der Waals surface area contributed by atoms with Gasteiger partial charge in [-0.1, -0.05) is 69.1 Å². The first-order valence-corrected chi connectivity index (χ1v) is 13.7. The third kappa shape index (κ3) is 7.28. The lowest BCUT2D eigenvalue weighted by Crippen LogP contribution is -2.19. The molecule has 196 valence electrons. The van der Waals surface area contributed by atoms with Crippen LogP contribution in [0.3, 0.4) is 0 Å². The summed E-state index contributed by atoms with van der Waals surface area (Å²) in [6.07, 6.45) is 1.53. The Hall–Kier alpha value is -3.05. The first-order valence-electron chi connectivity index (χ1n) is 11.2. The lowest BCUT2D eigenvalue weighted by Gasteiger charge is -2.11. The number of amides is 1. The molecule has 4 aromatic rings. The molecular weight excluding hydrogens is 613 g/mol. The Bertz CT molecular complexity index is 1480. The molecule has 0 unspecified atom stereocenters. The van der Waals surface area contributed by atoms with Crippen LogP contribution in [-0.4, -0.2) is 39.7 Å². The topological polar surface area (TPSA) is 90.6 Å². The summed E-state index contributed by atoms with van der Waals surface area (Å²) < 4.78 is 14.1. The highest BCUT2D eigenvalue weighted by molar-refractivity contribution is 9.10. The molecule has 0 aliphatic rings. The van der Waals surface area contributed by atoms with E-state index in [0.29, 0.717) is 39.1 Å².